The monoisotopic (exact) mass is 512 g/mol. The number of hydrogen-bond donors (Lipinski definition) is 1. The number of para-hydroxylation sites is 1. The molecule has 0 bridgehead atoms. The Bertz CT molecular complexity index is 1400. The number of phenolic OH excluding ortho intramolecular Hbond substituents is 1. The molecule has 198 valence electrons. The van der Waals surface area contributed by atoms with Gasteiger partial charge in [0.15, 0.2) is 0 Å². The highest BCUT2D eigenvalue weighted by atomic mass is 16.5. The predicted octanol–water partition coefficient (Wildman–Crippen LogP) is 6.55. The van der Waals surface area contributed by atoms with Crippen LogP contribution in [0.1, 0.15) is 43.7 Å². The smallest absolute Gasteiger partial charge is 0.308 e. The predicted molar refractivity (Wildman–Crippen MR) is 151 cm³/mol. The molecule has 0 amide bonds. The number of rotatable bonds is 8. The molecule has 5 rings (SSSR count). The van der Waals surface area contributed by atoms with Gasteiger partial charge in [0, 0.05) is 36.5 Å². The molecule has 0 aliphatic carbocycles. The first-order valence-electron chi connectivity index (χ1n) is 13.5. The van der Waals surface area contributed by atoms with E-state index >= 15 is 0 Å². The van der Waals surface area contributed by atoms with Crippen LogP contribution in [0.4, 0.5) is 0 Å². The van der Waals surface area contributed by atoms with Gasteiger partial charge in [-0.05, 0) is 86.4 Å². The first-order chi connectivity index (χ1) is 18.5. The number of ether oxygens (including phenoxy) is 2. The normalized spacial score (nSPS) is 14.4. The van der Waals surface area contributed by atoms with Crippen LogP contribution in [0.3, 0.4) is 0 Å². The quantitative estimate of drug-likeness (QED) is 0.214. The van der Waals surface area contributed by atoms with Crippen molar-refractivity contribution < 1.29 is 19.4 Å². The van der Waals surface area contributed by atoms with Crippen molar-refractivity contribution in [2.75, 3.05) is 26.2 Å². The van der Waals surface area contributed by atoms with Gasteiger partial charge in [-0.3, -0.25) is 9.69 Å². The number of aryl methyl sites for hydroxylation is 1. The molecule has 1 aliphatic heterocycles. The van der Waals surface area contributed by atoms with Crippen molar-refractivity contribution in [1.29, 1.82) is 0 Å². The molecular weight excluding hydrogens is 476 g/mol. The van der Waals surface area contributed by atoms with Crippen LogP contribution < -0.4 is 9.47 Å². The summed E-state index contributed by atoms with van der Waals surface area (Å²) < 4.78 is 13.6. The average Bonchev–Trinajstić information content (AvgIpc) is 3.05. The fraction of sp³-hybridized carbons (Fsp3) is 0.344. The molecular formula is C32H36N2O4. The number of hydrogen-bond acceptors (Lipinski definition) is 5. The summed E-state index contributed by atoms with van der Waals surface area (Å²) in [5.41, 5.74) is 4.86. The lowest BCUT2D eigenvalue weighted by Gasteiger charge is -2.19. The molecule has 3 aromatic carbocycles. The van der Waals surface area contributed by atoms with Crippen molar-refractivity contribution in [3.8, 4) is 28.5 Å². The van der Waals surface area contributed by atoms with E-state index in [0.29, 0.717) is 18.9 Å². The lowest BCUT2D eigenvalue weighted by atomic mass is 10.1. The van der Waals surface area contributed by atoms with E-state index in [4.69, 9.17) is 9.47 Å². The van der Waals surface area contributed by atoms with Crippen LogP contribution in [-0.2, 0) is 11.3 Å². The highest BCUT2D eigenvalue weighted by molar-refractivity contribution is 5.94. The standard InChI is InChI=1S/C32H36N2O4/c1-23-29-21-27(38-24(2)35)15-16-30(29)34(32(23)28-9-5-6-10-31(28)36)22-25-11-13-26(14-12-25)37-20-19-33-17-7-3-4-8-18-33/h5-6,9-16,21,36H,3-4,7-8,17-20,22H2,1-2H3. The lowest BCUT2D eigenvalue weighted by molar-refractivity contribution is -0.131. The lowest BCUT2D eigenvalue weighted by Crippen LogP contribution is -2.29. The topological polar surface area (TPSA) is 63.9 Å². The van der Waals surface area contributed by atoms with Crippen molar-refractivity contribution in [3.63, 3.8) is 0 Å². The Balaban J connectivity index is 1.39. The van der Waals surface area contributed by atoms with Gasteiger partial charge in [-0.15, -0.1) is 0 Å². The summed E-state index contributed by atoms with van der Waals surface area (Å²) in [5, 5.41) is 11.7. The average molecular weight is 513 g/mol. The van der Waals surface area contributed by atoms with E-state index in [1.807, 2.05) is 55.5 Å². The Labute approximate surface area is 224 Å². The molecule has 6 nitrogen and oxygen atoms in total. The summed E-state index contributed by atoms with van der Waals surface area (Å²) in [6.45, 7) is 8.08. The number of fused-ring (bicyclic) bond motifs is 1. The zero-order valence-electron chi connectivity index (χ0n) is 22.3. The highest BCUT2D eigenvalue weighted by Gasteiger charge is 2.19. The Morgan fingerprint density at radius 3 is 2.34 bits per heavy atom. The summed E-state index contributed by atoms with van der Waals surface area (Å²) in [5.74, 6) is 1.27. The second-order valence-corrected chi connectivity index (χ2v) is 10.1. The van der Waals surface area contributed by atoms with Crippen molar-refractivity contribution in [2.24, 2.45) is 0 Å². The molecule has 38 heavy (non-hydrogen) atoms. The van der Waals surface area contributed by atoms with Crippen molar-refractivity contribution in [1.82, 2.24) is 9.47 Å². The third-order valence-electron chi connectivity index (χ3n) is 7.35. The third kappa shape index (κ3) is 5.86. The van der Waals surface area contributed by atoms with E-state index in [0.717, 1.165) is 45.6 Å². The Hall–Kier alpha value is -3.77. The maximum Gasteiger partial charge on any atom is 0.308 e. The van der Waals surface area contributed by atoms with Gasteiger partial charge in [0.25, 0.3) is 0 Å². The van der Waals surface area contributed by atoms with Crippen LogP contribution in [0.2, 0.25) is 0 Å². The van der Waals surface area contributed by atoms with Crippen LogP contribution in [0.5, 0.6) is 17.2 Å². The van der Waals surface area contributed by atoms with Gasteiger partial charge in [0.05, 0.1) is 5.69 Å². The van der Waals surface area contributed by atoms with Crippen LogP contribution >= 0.6 is 0 Å². The van der Waals surface area contributed by atoms with Gasteiger partial charge in [-0.1, -0.05) is 37.1 Å². The van der Waals surface area contributed by atoms with E-state index in [1.54, 1.807) is 6.07 Å². The summed E-state index contributed by atoms with van der Waals surface area (Å²) in [7, 11) is 0. The molecule has 1 saturated heterocycles. The zero-order chi connectivity index (χ0) is 26.5. The first kappa shape index (κ1) is 25.9. The molecule has 0 radical (unpaired) electrons. The van der Waals surface area contributed by atoms with Gasteiger partial charge < -0.3 is 19.1 Å². The number of benzene rings is 3. The molecule has 0 spiro atoms. The minimum Gasteiger partial charge on any atom is -0.507 e. The van der Waals surface area contributed by atoms with Crippen molar-refractivity contribution in [2.45, 2.75) is 46.1 Å². The maximum absolute atomic E-state index is 11.5. The Morgan fingerprint density at radius 2 is 1.63 bits per heavy atom. The van der Waals surface area contributed by atoms with Crippen LogP contribution in [0.15, 0.2) is 66.7 Å². The number of phenols is 1. The largest absolute Gasteiger partial charge is 0.507 e. The minimum atomic E-state index is -0.351. The molecule has 1 fully saturated rings. The maximum atomic E-state index is 11.5. The fourth-order valence-corrected chi connectivity index (χ4v) is 5.44. The number of carbonyl (C=O) groups is 1. The summed E-state index contributed by atoms with van der Waals surface area (Å²) in [6.07, 6.45) is 5.26. The van der Waals surface area contributed by atoms with Gasteiger partial charge in [0.1, 0.15) is 23.9 Å². The molecule has 1 N–H and O–H groups in total. The number of likely N-dealkylation sites (tertiary alicyclic amines) is 1. The van der Waals surface area contributed by atoms with Crippen LogP contribution in [0.25, 0.3) is 22.2 Å². The molecule has 1 aromatic heterocycles. The molecule has 0 atom stereocenters. The molecule has 0 unspecified atom stereocenters. The number of nitrogens with zero attached hydrogens (tertiary/aromatic N) is 2. The number of carbonyl (C=O) groups excluding carboxylic acids is 1. The molecule has 2 heterocycles. The summed E-state index contributed by atoms with van der Waals surface area (Å²) in [6, 6.07) is 21.4. The van der Waals surface area contributed by atoms with Gasteiger partial charge >= 0.3 is 5.97 Å². The van der Waals surface area contributed by atoms with Gasteiger partial charge in [-0.2, -0.15) is 0 Å². The second-order valence-electron chi connectivity index (χ2n) is 10.1. The molecule has 4 aromatic rings. The summed E-state index contributed by atoms with van der Waals surface area (Å²) >= 11 is 0. The van der Waals surface area contributed by atoms with Crippen LogP contribution in [0, 0.1) is 6.92 Å². The van der Waals surface area contributed by atoms with Crippen molar-refractivity contribution in [3.05, 3.63) is 77.9 Å². The number of esters is 1. The van der Waals surface area contributed by atoms with E-state index in [2.05, 4.69) is 21.6 Å². The first-order valence-corrected chi connectivity index (χ1v) is 13.5. The molecule has 1 aliphatic rings. The fourth-order valence-electron chi connectivity index (χ4n) is 5.44. The third-order valence-corrected chi connectivity index (χ3v) is 7.35. The van der Waals surface area contributed by atoms with E-state index in [1.165, 1.54) is 45.7 Å². The highest BCUT2D eigenvalue weighted by Crippen LogP contribution is 2.39. The summed E-state index contributed by atoms with van der Waals surface area (Å²) in [4.78, 5) is 14.0. The molecule has 6 heteroatoms. The number of aromatic nitrogens is 1. The van der Waals surface area contributed by atoms with Crippen LogP contribution in [-0.4, -0.2) is 46.8 Å². The van der Waals surface area contributed by atoms with E-state index in [-0.39, 0.29) is 11.7 Å². The van der Waals surface area contributed by atoms with Gasteiger partial charge in [0.2, 0.25) is 0 Å². The Morgan fingerprint density at radius 1 is 0.921 bits per heavy atom. The van der Waals surface area contributed by atoms with Gasteiger partial charge in [-0.25, -0.2) is 0 Å². The second kappa shape index (κ2) is 11.7. The number of aromatic hydroxyl groups is 1. The SMILES string of the molecule is CC(=O)Oc1ccc2c(c1)c(C)c(-c1ccccc1O)n2Cc1ccc(OCCN2CCCCCC2)cc1. The Kier molecular flexibility index (Phi) is 7.99. The van der Waals surface area contributed by atoms with E-state index < -0.39 is 0 Å². The minimum absolute atomic E-state index is 0.230. The van der Waals surface area contributed by atoms with E-state index in [9.17, 15) is 9.90 Å². The molecule has 0 saturated carbocycles. The zero-order valence-corrected chi connectivity index (χ0v) is 22.3. The van der Waals surface area contributed by atoms with Crippen molar-refractivity contribution >= 4 is 16.9 Å².